The monoisotopic (exact) mass is 288 g/mol. The van der Waals surface area contributed by atoms with Crippen molar-refractivity contribution in [2.75, 3.05) is 0 Å². The van der Waals surface area contributed by atoms with Gasteiger partial charge in [0, 0.05) is 0 Å². The predicted octanol–water partition coefficient (Wildman–Crippen LogP) is 3.51. The standard InChI is InChI=1S/C16H13FO4/c1-8-12(10-3-5-11(17)6-4-10)7-13(15(18)19)9(2)14(8)16(20)21/h3-7H,1-2H3,(H,18,19)(H,20,21). The van der Waals surface area contributed by atoms with Crippen LogP contribution in [0, 0.1) is 19.7 Å². The van der Waals surface area contributed by atoms with E-state index in [0.29, 0.717) is 16.7 Å². The lowest BCUT2D eigenvalue weighted by atomic mass is 9.89. The second-order valence-corrected chi connectivity index (χ2v) is 4.71. The van der Waals surface area contributed by atoms with Gasteiger partial charge in [-0.25, -0.2) is 14.0 Å². The first kappa shape index (κ1) is 14.7. The van der Waals surface area contributed by atoms with Gasteiger partial charge in [-0.1, -0.05) is 12.1 Å². The van der Waals surface area contributed by atoms with Gasteiger partial charge in [0.25, 0.3) is 0 Å². The van der Waals surface area contributed by atoms with E-state index in [1.54, 1.807) is 6.92 Å². The highest BCUT2D eigenvalue weighted by Gasteiger charge is 2.21. The summed E-state index contributed by atoms with van der Waals surface area (Å²) in [5.41, 5.74) is 1.59. The molecule has 0 aliphatic carbocycles. The molecule has 0 unspecified atom stereocenters. The van der Waals surface area contributed by atoms with Crippen molar-refractivity contribution in [2.24, 2.45) is 0 Å². The Morgan fingerprint density at radius 3 is 2.00 bits per heavy atom. The van der Waals surface area contributed by atoms with Crippen LogP contribution >= 0.6 is 0 Å². The van der Waals surface area contributed by atoms with Gasteiger partial charge in [0.05, 0.1) is 11.1 Å². The zero-order valence-electron chi connectivity index (χ0n) is 11.5. The maximum absolute atomic E-state index is 13.0. The molecular weight excluding hydrogens is 275 g/mol. The average Bonchev–Trinajstić information content (AvgIpc) is 2.39. The Morgan fingerprint density at radius 1 is 0.952 bits per heavy atom. The smallest absolute Gasteiger partial charge is 0.336 e. The molecule has 0 heterocycles. The van der Waals surface area contributed by atoms with E-state index in [2.05, 4.69) is 0 Å². The summed E-state index contributed by atoms with van der Waals surface area (Å²) < 4.78 is 13.0. The lowest BCUT2D eigenvalue weighted by Crippen LogP contribution is -2.10. The number of halogens is 1. The van der Waals surface area contributed by atoms with Crippen LogP contribution in [-0.2, 0) is 0 Å². The molecule has 0 fully saturated rings. The molecule has 0 aromatic heterocycles. The van der Waals surface area contributed by atoms with E-state index in [1.807, 2.05) is 0 Å². The molecule has 2 rings (SSSR count). The zero-order chi connectivity index (χ0) is 15.7. The molecule has 0 radical (unpaired) electrons. The van der Waals surface area contributed by atoms with Crippen LogP contribution in [0.1, 0.15) is 31.8 Å². The fourth-order valence-electron chi connectivity index (χ4n) is 2.38. The molecule has 0 spiro atoms. The number of aromatic carboxylic acids is 2. The Morgan fingerprint density at radius 2 is 1.52 bits per heavy atom. The van der Waals surface area contributed by atoms with Crippen LogP contribution in [-0.4, -0.2) is 22.2 Å². The summed E-state index contributed by atoms with van der Waals surface area (Å²) >= 11 is 0. The van der Waals surface area contributed by atoms with Crippen LogP contribution in [0.15, 0.2) is 30.3 Å². The highest BCUT2D eigenvalue weighted by atomic mass is 19.1. The first-order valence-electron chi connectivity index (χ1n) is 6.19. The van der Waals surface area contributed by atoms with Gasteiger partial charge in [0.1, 0.15) is 5.82 Å². The number of carbonyl (C=O) groups is 2. The fraction of sp³-hybridized carbons (Fsp3) is 0.125. The number of carboxylic acid groups (broad SMARTS) is 2. The highest BCUT2D eigenvalue weighted by molar-refractivity contribution is 6.00. The zero-order valence-corrected chi connectivity index (χ0v) is 11.5. The third-order valence-corrected chi connectivity index (χ3v) is 3.45. The van der Waals surface area contributed by atoms with Crippen LogP contribution in [0.25, 0.3) is 11.1 Å². The molecule has 21 heavy (non-hydrogen) atoms. The van der Waals surface area contributed by atoms with Gasteiger partial charge in [0.2, 0.25) is 0 Å². The fourth-order valence-corrected chi connectivity index (χ4v) is 2.38. The summed E-state index contributed by atoms with van der Waals surface area (Å²) in [6, 6.07) is 6.90. The SMILES string of the molecule is Cc1c(C(=O)O)cc(-c2ccc(F)cc2)c(C)c1C(=O)O. The summed E-state index contributed by atoms with van der Waals surface area (Å²) in [5.74, 6) is -2.80. The van der Waals surface area contributed by atoms with E-state index in [9.17, 15) is 24.2 Å². The van der Waals surface area contributed by atoms with Gasteiger partial charge in [-0.2, -0.15) is 0 Å². The second kappa shape index (κ2) is 5.36. The molecule has 0 amide bonds. The van der Waals surface area contributed by atoms with Crippen LogP contribution < -0.4 is 0 Å². The van der Waals surface area contributed by atoms with E-state index in [1.165, 1.54) is 37.3 Å². The number of carboxylic acids is 2. The van der Waals surface area contributed by atoms with E-state index >= 15 is 0 Å². The minimum Gasteiger partial charge on any atom is -0.478 e. The van der Waals surface area contributed by atoms with Crippen LogP contribution in [0.4, 0.5) is 4.39 Å². The van der Waals surface area contributed by atoms with Crippen molar-refractivity contribution in [1.29, 1.82) is 0 Å². The normalized spacial score (nSPS) is 10.4. The van der Waals surface area contributed by atoms with Crippen molar-refractivity contribution in [2.45, 2.75) is 13.8 Å². The summed E-state index contributed by atoms with van der Waals surface area (Å²) in [4.78, 5) is 22.7. The molecule has 2 aromatic rings. The Kier molecular flexibility index (Phi) is 3.76. The van der Waals surface area contributed by atoms with Gasteiger partial charge in [0.15, 0.2) is 0 Å². The molecule has 2 N–H and O–H groups in total. The first-order chi connectivity index (χ1) is 9.82. The van der Waals surface area contributed by atoms with E-state index in [-0.39, 0.29) is 16.7 Å². The minimum atomic E-state index is -1.20. The van der Waals surface area contributed by atoms with Crippen molar-refractivity contribution in [3.05, 3.63) is 58.4 Å². The minimum absolute atomic E-state index is 0.0331. The van der Waals surface area contributed by atoms with Crippen LogP contribution in [0.3, 0.4) is 0 Å². The number of rotatable bonds is 3. The molecule has 5 heteroatoms. The number of hydrogen-bond acceptors (Lipinski definition) is 2. The first-order valence-corrected chi connectivity index (χ1v) is 6.19. The van der Waals surface area contributed by atoms with Crippen molar-refractivity contribution in [3.8, 4) is 11.1 Å². The maximum atomic E-state index is 13.0. The van der Waals surface area contributed by atoms with Crippen LogP contribution in [0.5, 0.6) is 0 Å². The Bertz CT molecular complexity index is 733. The second-order valence-electron chi connectivity index (χ2n) is 4.71. The summed E-state index contributed by atoms with van der Waals surface area (Å²) in [6.07, 6.45) is 0. The lowest BCUT2D eigenvalue weighted by Gasteiger charge is -2.14. The molecule has 0 aliphatic rings. The number of benzene rings is 2. The van der Waals surface area contributed by atoms with Crippen molar-refractivity contribution < 1.29 is 24.2 Å². The Labute approximate surface area is 120 Å². The average molecular weight is 288 g/mol. The Hall–Kier alpha value is -2.69. The summed E-state index contributed by atoms with van der Waals surface area (Å²) in [6.45, 7) is 3.08. The van der Waals surface area contributed by atoms with Crippen molar-refractivity contribution >= 4 is 11.9 Å². The van der Waals surface area contributed by atoms with E-state index < -0.39 is 17.8 Å². The highest BCUT2D eigenvalue weighted by Crippen LogP contribution is 2.30. The van der Waals surface area contributed by atoms with Gasteiger partial charge in [-0.15, -0.1) is 0 Å². The molecule has 108 valence electrons. The van der Waals surface area contributed by atoms with Crippen LogP contribution in [0.2, 0.25) is 0 Å². The third kappa shape index (κ3) is 2.63. The summed E-state index contributed by atoms with van der Waals surface area (Å²) in [5, 5.41) is 18.5. The quantitative estimate of drug-likeness (QED) is 0.906. The molecule has 0 bridgehead atoms. The Balaban J connectivity index is 2.80. The van der Waals surface area contributed by atoms with Gasteiger partial charge in [-0.05, 0) is 54.3 Å². The van der Waals surface area contributed by atoms with E-state index in [4.69, 9.17) is 0 Å². The molecular formula is C16H13FO4. The number of hydrogen-bond donors (Lipinski definition) is 2. The van der Waals surface area contributed by atoms with Gasteiger partial charge in [-0.3, -0.25) is 0 Å². The van der Waals surface area contributed by atoms with Crippen molar-refractivity contribution in [3.63, 3.8) is 0 Å². The van der Waals surface area contributed by atoms with Gasteiger partial charge >= 0.3 is 11.9 Å². The van der Waals surface area contributed by atoms with Gasteiger partial charge < -0.3 is 10.2 Å². The predicted molar refractivity (Wildman–Crippen MR) is 75.2 cm³/mol. The van der Waals surface area contributed by atoms with Crippen molar-refractivity contribution in [1.82, 2.24) is 0 Å². The molecule has 0 saturated carbocycles. The molecule has 4 nitrogen and oxygen atoms in total. The molecule has 0 aliphatic heterocycles. The molecule has 0 atom stereocenters. The molecule has 2 aromatic carbocycles. The van der Waals surface area contributed by atoms with E-state index in [0.717, 1.165) is 0 Å². The maximum Gasteiger partial charge on any atom is 0.336 e. The summed E-state index contributed by atoms with van der Waals surface area (Å²) in [7, 11) is 0. The topological polar surface area (TPSA) is 74.6 Å². The lowest BCUT2D eigenvalue weighted by molar-refractivity contribution is 0.0695. The largest absolute Gasteiger partial charge is 0.478 e. The third-order valence-electron chi connectivity index (χ3n) is 3.45. The molecule has 0 saturated heterocycles.